The molecule has 0 amide bonds. The van der Waals surface area contributed by atoms with Crippen molar-refractivity contribution in [3.8, 4) is 0 Å². The fourth-order valence-electron chi connectivity index (χ4n) is 2.04. The Hall–Kier alpha value is -0.340. The van der Waals surface area contributed by atoms with Crippen LogP contribution < -0.4 is 0 Å². The van der Waals surface area contributed by atoms with Crippen molar-refractivity contribution in [1.29, 1.82) is 0 Å². The lowest BCUT2D eigenvalue weighted by molar-refractivity contribution is 0.0238. The van der Waals surface area contributed by atoms with E-state index in [2.05, 4.69) is 25.5 Å². The van der Waals surface area contributed by atoms with E-state index in [-0.39, 0.29) is 6.10 Å². The molecule has 0 aromatic rings. The lowest BCUT2D eigenvalue weighted by Crippen LogP contribution is -2.46. The monoisotopic (exact) mass is 183 g/mol. The Morgan fingerprint density at radius 1 is 1.46 bits per heavy atom. The molecule has 0 heterocycles. The Morgan fingerprint density at radius 2 is 2.08 bits per heavy atom. The Kier molecular flexibility index (Phi) is 3.94. The first kappa shape index (κ1) is 10.7. The van der Waals surface area contributed by atoms with Gasteiger partial charge < -0.3 is 5.11 Å². The molecule has 0 saturated heterocycles. The van der Waals surface area contributed by atoms with E-state index in [1.807, 2.05) is 6.08 Å². The summed E-state index contributed by atoms with van der Waals surface area (Å²) in [6.07, 6.45) is 6.29. The van der Waals surface area contributed by atoms with Gasteiger partial charge in [-0.3, -0.25) is 4.90 Å². The van der Waals surface area contributed by atoms with Gasteiger partial charge in [0, 0.05) is 12.1 Å². The first-order chi connectivity index (χ1) is 6.16. The second kappa shape index (κ2) is 4.77. The van der Waals surface area contributed by atoms with Crippen LogP contribution in [0, 0.1) is 0 Å². The summed E-state index contributed by atoms with van der Waals surface area (Å²) in [5.41, 5.74) is 0. The molecule has 13 heavy (non-hydrogen) atoms. The quantitative estimate of drug-likeness (QED) is 0.674. The van der Waals surface area contributed by atoms with Gasteiger partial charge in [-0.2, -0.15) is 0 Å². The van der Waals surface area contributed by atoms with Gasteiger partial charge in [-0.1, -0.05) is 18.9 Å². The zero-order chi connectivity index (χ0) is 9.84. The summed E-state index contributed by atoms with van der Waals surface area (Å²) < 4.78 is 0. The molecular weight excluding hydrogens is 162 g/mol. The van der Waals surface area contributed by atoms with Crippen LogP contribution in [-0.2, 0) is 0 Å². The van der Waals surface area contributed by atoms with Crippen molar-refractivity contribution in [2.24, 2.45) is 0 Å². The van der Waals surface area contributed by atoms with Crippen molar-refractivity contribution in [3.63, 3.8) is 0 Å². The number of likely N-dealkylation sites (N-methyl/N-ethyl adjacent to an activating group) is 1. The zero-order valence-corrected chi connectivity index (χ0v) is 8.74. The van der Waals surface area contributed by atoms with Crippen molar-refractivity contribution in [1.82, 2.24) is 4.90 Å². The van der Waals surface area contributed by atoms with Gasteiger partial charge in [-0.25, -0.2) is 0 Å². The van der Waals surface area contributed by atoms with Crippen LogP contribution in [0.25, 0.3) is 0 Å². The van der Waals surface area contributed by atoms with Crippen LogP contribution in [0.2, 0.25) is 0 Å². The molecule has 2 nitrogen and oxygen atoms in total. The fraction of sp³-hybridized carbons (Fsp3) is 0.818. The summed E-state index contributed by atoms with van der Waals surface area (Å²) >= 11 is 0. The van der Waals surface area contributed by atoms with Gasteiger partial charge in [-0.15, -0.1) is 6.58 Å². The molecule has 2 heteroatoms. The van der Waals surface area contributed by atoms with Crippen LogP contribution in [0.3, 0.4) is 0 Å². The Labute approximate surface area is 81.2 Å². The van der Waals surface area contributed by atoms with Gasteiger partial charge in [0.05, 0.1) is 6.10 Å². The zero-order valence-electron chi connectivity index (χ0n) is 8.74. The summed E-state index contributed by atoms with van der Waals surface area (Å²) in [5.74, 6) is 0. The van der Waals surface area contributed by atoms with Crippen molar-refractivity contribution in [3.05, 3.63) is 12.7 Å². The predicted molar refractivity (Wildman–Crippen MR) is 55.7 cm³/mol. The minimum absolute atomic E-state index is 0.138. The van der Waals surface area contributed by atoms with Gasteiger partial charge in [0.25, 0.3) is 0 Å². The molecule has 0 aromatic carbocycles. The average Bonchev–Trinajstić information content (AvgIpc) is 2.16. The lowest BCUT2D eigenvalue weighted by Gasteiger charge is -2.37. The smallest absolute Gasteiger partial charge is 0.0695 e. The second-order valence-corrected chi connectivity index (χ2v) is 4.06. The first-order valence-electron chi connectivity index (χ1n) is 5.19. The van der Waals surface area contributed by atoms with Crippen molar-refractivity contribution in [2.45, 2.75) is 50.8 Å². The van der Waals surface area contributed by atoms with Gasteiger partial charge in [0.1, 0.15) is 0 Å². The van der Waals surface area contributed by atoms with Gasteiger partial charge in [0.2, 0.25) is 0 Å². The van der Waals surface area contributed by atoms with Crippen LogP contribution in [0.4, 0.5) is 0 Å². The van der Waals surface area contributed by atoms with Gasteiger partial charge in [-0.05, 0) is 26.8 Å². The molecule has 1 saturated carbocycles. The van der Waals surface area contributed by atoms with E-state index >= 15 is 0 Å². The van der Waals surface area contributed by atoms with Gasteiger partial charge >= 0.3 is 0 Å². The van der Waals surface area contributed by atoms with E-state index in [1.54, 1.807) is 0 Å². The summed E-state index contributed by atoms with van der Waals surface area (Å²) in [6.45, 7) is 5.90. The Bertz CT molecular complexity index is 169. The Balaban J connectivity index is 2.52. The Morgan fingerprint density at radius 3 is 2.62 bits per heavy atom. The van der Waals surface area contributed by atoms with Gasteiger partial charge in [0.15, 0.2) is 0 Å². The van der Waals surface area contributed by atoms with E-state index in [0.717, 1.165) is 12.8 Å². The maximum absolute atomic E-state index is 9.81. The molecule has 76 valence electrons. The molecule has 1 N–H and O–H groups in total. The minimum atomic E-state index is -0.138. The summed E-state index contributed by atoms with van der Waals surface area (Å²) in [4.78, 5) is 2.23. The molecule has 1 aliphatic rings. The summed E-state index contributed by atoms with van der Waals surface area (Å²) in [7, 11) is 2.07. The van der Waals surface area contributed by atoms with E-state index < -0.39 is 0 Å². The molecule has 1 rings (SSSR count). The number of hydrogen-bond acceptors (Lipinski definition) is 2. The van der Waals surface area contributed by atoms with Crippen LogP contribution in [-0.4, -0.2) is 35.2 Å². The summed E-state index contributed by atoms with van der Waals surface area (Å²) in [6, 6.07) is 0.694. The number of aliphatic hydroxyl groups is 1. The van der Waals surface area contributed by atoms with E-state index in [9.17, 15) is 5.11 Å². The van der Waals surface area contributed by atoms with E-state index in [1.165, 1.54) is 12.8 Å². The number of rotatable bonds is 3. The maximum Gasteiger partial charge on any atom is 0.0695 e. The molecule has 0 radical (unpaired) electrons. The van der Waals surface area contributed by atoms with Crippen molar-refractivity contribution in [2.75, 3.05) is 7.05 Å². The largest absolute Gasteiger partial charge is 0.391 e. The van der Waals surface area contributed by atoms with Crippen LogP contribution >= 0.6 is 0 Å². The number of nitrogens with zero attached hydrogens (tertiary/aromatic N) is 1. The predicted octanol–water partition coefficient (Wildman–Crippen LogP) is 1.80. The second-order valence-electron chi connectivity index (χ2n) is 4.06. The highest BCUT2D eigenvalue weighted by Crippen LogP contribution is 2.23. The molecule has 1 fully saturated rings. The molecule has 3 unspecified atom stereocenters. The highest BCUT2D eigenvalue weighted by molar-refractivity contribution is 4.90. The molecule has 1 aliphatic carbocycles. The number of aliphatic hydroxyl groups excluding tert-OH is 1. The third-order valence-corrected chi connectivity index (χ3v) is 3.20. The van der Waals surface area contributed by atoms with Crippen molar-refractivity contribution >= 4 is 0 Å². The molecule has 0 aliphatic heterocycles. The van der Waals surface area contributed by atoms with Crippen LogP contribution in [0.5, 0.6) is 0 Å². The standard InChI is InChI=1S/C11H21NO/c1-4-9(2)12(3)10-7-5-6-8-11(10)13/h4,9-11,13H,1,5-8H2,2-3H3. The number of hydrogen-bond donors (Lipinski definition) is 1. The first-order valence-corrected chi connectivity index (χ1v) is 5.19. The van der Waals surface area contributed by atoms with Crippen LogP contribution in [0.1, 0.15) is 32.6 Å². The van der Waals surface area contributed by atoms with Crippen molar-refractivity contribution < 1.29 is 5.11 Å². The highest BCUT2D eigenvalue weighted by atomic mass is 16.3. The SMILES string of the molecule is C=CC(C)N(C)C1CCCCC1O. The molecule has 0 aromatic heterocycles. The molecule has 0 spiro atoms. The maximum atomic E-state index is 9.81. The fourth-order valence-corrected chi connectivity index (χ4v) is 2.04. The van der Waals surface area contributed by atoms with Crippen LogP contribution in [0.15, 0.2) is 12.7 Å². The summed E-state index contributed by atoms with van der Waals surface area (Å²) in [5, 5.41) is 9.81. The minimum Gasteiger partial charge on any atom is -0.391 e. The molecular formula is C11H21NO. The lowest BCUT2D eigenvalue weighted by atomic mass is 9.91. The molecule has 3 atom stereocenters. The third-order valence-electron chi connectivity index (χ3n) is 3.20. The average molecular weight is 183 g/mol. The molecule has 0 bridgehead atoms. The highest BCUT2D eigenvalue weighted by Gasteiger charge is 2.27. The third kappa shape index (κ3) is 2.55. The normalized spacial score (nSPS) is 31.7. The van der Waals surface area contributed by atoms with E-state index in [4.69, 9.17) is 0 Å². The van der Waals surface area contributed by atoms with E-state index in [0.29, 0.717) is 12.1 Å². The topological polar surface area (TPSA) is 23.5 Å².